The van der Waals surface area contributed by atoms with Gasteiger partial charge in [0.1, 0.15) is 11.5 Å². The Kier molecular flexibility index (Phi) is 5.12. The van der Waals surface area contributed by atoms with Crippen molar-refractivity contribution in [3.8, 4) is 11.4 Å². The molecule has 1 N–H and O–H groups in total. The zero-order valence-electron chi connectivity index (χ0n) is 15.4. The number of nitro benzene ring substituents is 1. The predicted octanol–water partition coefficient (Wildman–Crippen LogP) is 3.48. The number of nitrogens with zero attached hydrogens (tertiary/aromatic N) is 5. The molecular formula is C20H14N6O4. The molecule has 0 fully saturated rings. The van der Waals surface area contributed by atoms with E-state index in [1.165, 1.54) is 41.3 Å². The number of carbonyl (C=O) groups is 1. The highest BCUT2D eigenvalue weighted by molar-refractivity contribution is 6.24. The second-order valence-corrected chi connectivity index (χ2v) is 6.08. The molecule has 2 aromatic carbocycles. The van der Waals surface area contributed by atoms with Gasteiger partial charge >= 0.3 is 0 Å². The van der Waals surface area contributed by atoms with Crippen molar-refractivity contribution < 1.29 is 14.1 Å². The minimum absolute atomic E-state index is 0.0776. The number of aromatic nitrogens is 4. The molecule has 0 aliphatic carbocycles. The lowest BCUT2D eigenvalue weighted by molar-refractivity contribution is -0.384. The van der Waals surface area contributed by atoms with E-state index >= 15 is 0 Å². The Balaban J connectivity index is 1.71. The monoisotopic (exact) mass is 402 g/mol. The number of nitrogens with one attached hydrogen (secondary N) is 1. The number of anilines is 1. The fourth-order valence-corrected chi connectivity index (χ4v) is 2.71. The largest absolute Gasteiger partial charge is 0.465 e. The van der Waals surface area contributed by atoms with Crippen LogP contribution in [0, 0.1) is 10.1 Å². The van der Waals surface area contributed by atoms with Gasteiger partial charge in [0.2, 0.25) is 0 Å². The predicted molar refractivity (Wildman–Crippen MR) is 108 cm³/mol. The van der Waals surface area contributed by atoms with Crippen LogP contribution in [0.25, 0.3) is 23.2 Å². The molecule has 0 radical (unpaired) electrons. The Morgan fingerprint density at radius 3 is 2.50 bits per heavy atom. The molecule has 2 aromatic heterocycles. The van der Waals surface area contributed by atoms with E-state index in [0.717, 1.165) is 5.56 Å². The van der Waals surface area contributed by atoms with Crippen molar-refractivity contribution >= 4 is 29.1 Å². The fourth-order valence-electron chi connectivity index (χ4n) is 2.71. The van der Waals surface area contributed by atoms with E-state index in [1.54, 1.807) is 12.1 Å². The molecule has 0 atom stereocenters. The fraction of sp³-hybridized carbons (Fsp3) is 0. The summed E-state index contributed by atoms with van der Waals surface area (Å²) in [6, 6.07) is 18.0. The van der Waals surface area contributed by atoms with Crippen LogP contribution in [0.3, 0.4) is 0 Å². The van der Waals surface area contributed by atoms with Gasteiger partial charge in [0.15, 0.2) is 5.82 Å². The highest BCUT2D eigenvalue weighted by atomic mass is 16.6. The zero-order valence-corrected chi connectivity index (χ0v) is 15.4. The number of benzene rings is 2. The van der Waals surface area contributed by atoms with Crippen molar-refractivity contribution in [3.05, 3.63) is 88.9 Å². The number of hydrogen-bond acceptors (Lipinski definition) is 7. The van der Waals surface area contributed by atoms with E-state index in [9.17, 15) is 14.9 Å². The lowest BCUT2D eigenvalue weighted by Crippen LogP contribution is -2.19. The molecule has 148 valence electrons. The lowest BCUT2D eigenvalue weighted by atomic mass is 10.2. The van der Waals surface area contributed by atoms with Crippen LogP contribution in [-0.2, 0) is 4.79 Å². The first-order chi connectivity index (χ1) is 14.6. The van der Waals surface area contributed by atoms with Crippen LogP contribution in [0.5, 0.6) is 0 Å². The molecule has 0 saturated heterocycles. The maximum absolute atomic E-state index is 13.1. The topological polar surface area (TPSA) is 129 Å². The quantitative estimate of drug-likeness (QED) is 0.297. The molecule has 30 heavy (non-hydrogen) atoms. The van der Waals surface area contributed by atoms with Crippen molar-refractivity contribution in [3.63, 3.8) is 0 Å². The molecule has 10 heteroatoms. The van der Waals surface area contributed by atoms with E-state index in [4.69, 9.17) is 4.42 Å². The van der Waals surface area contributed by atoms with Crippen molar-refractivity contribution in [2.45, 2.75) is 0 Å². The highest BCUT2D eigenvalue weighted by Crippen LogP contribution is 2.22. The van der Waals surface area contributed by atoms with Crippen molar-refractivity contribution in [1.29, 1.82) is 0 Å². The van der Waals surface area contributed by atoms with Gasteiger partial charge < -0.3 is 9.73 Å². The summed E-state index contributed by atoms with van der Waals surface area (Å²) < 4.78 is 6.64. The van der Waals surface area contributed by atoms with E-state index in [2.05, 4.69) is 20.8 Å². The van der Waals surface area contributed by atoms with E-state index in [1.807, 2.05) is 30.3 Å². The second-order valence-electron chi connectivity index (χ2n) is 6.08. The average Bonchev–Trinajstić information content (AvgIpc) is 3.45. The van der Waals surface area contributed by atoms with Gasteiger partial charge in [-0.15, -0.1) is 5.10 Å². The first-order valence-electron chi connectivity index (χ1n) is 8.77. The van der Waals surface area contributed by atoms with E-state index in [-0.39, 0.29) is 11.4 Å². The first kappa shape index (κ1) is 18.7. The van der Waals surface area contributed by atoms with Crippen LogP contribution in [0.4, 0.5) is 11.4 Å². The summed E-state index contributed by atoms with van der Waals surface area (Å²) in [5, 5.41) is 25.2. The Bertz CT molecular complexity index is 1200. The third-order valence-electron chi connectivity index (χ3n) is 4.12. The van der Waals surface area contributed by atoms with Crippen LogP contribution in [0.2, 0.25) is 0 Å². The Hall–Kier alpha value is -4.60. The van der Waals surface area contributed by atoms with E-state index in [0.29, 0.717) is 17.3 Å². The Morgan fingerprint density at radius 2 is 1.83 bits per heavy atom. The van der Waals surface area contributed by atoms with Gasteiger partial charge in [-0.05, 0) is 34.7 Å². The summed E-state index contributed by atoms with van der Waals surface area (Å²) in [6.45, 7) is 0. The van der Waals surface area contributed by atoms with E-state index < -0.39 is 10.8 Å². The van der Waals surface area contributed by atoms with Crippen molar-refractivity contribution in [2.24, 2.45) is 0 Å². The highest BCUT2D eigenvalue weighted by Gasteiger charge is 2.20. The number of carbonyl (C=O) groups excluding carboxylic acids is 1. The van der Waals surface area contributed by atoms with Gasteiger partial charge in [0.25, 0.3) is 11.6 Å². The first-order valence-corrected chi connectivity index (χ1v) is 8.77. The van der Waals surface area contributed by atoms with Gasteiger partial charge in [-0.1, -0.05) is 30.3 Å². The molecule has 4 rings (SSSR count). The molecule has 2 heterocycles. The second kappa shape index (κ2) is 8.19. The molecule has 0 bridgehead atoms. The molecule has 10 nitrogen and oxygen atoms in total. The van der Waals surface area contributed by atoms with Crippen LogP contribution in [0.15, 0.2) is 77.4 Å². The molecule has 0 unspecified atom stereocenters. The van der Waals surface area contributed by atoms with Gasteiger partial charge in [-0.2, -0.15) is 4.68 Å². The van der Waals surface area contributed by atoms with Gasteiger partial charge in [-0.3, -0.25) is 14.9 Å². The van der Waals surface area contributed by atoms with Crippen LogP contribution >= 0.6 is 0 Å². The number of rotatable bonds is 6. The molecule has 1 amide bonds. The van der Waals surface area contributed by atoms with Gasteiger partial charge in [-0.25, -0.2) is 0 Å². The van der Waals surface area contributed by atoms with Crippen molar-refractivity contribution in [1.82, 2.24) is 20.2 Å². The summed E-state index contributed by atoms with van der Waals surface area (Å²) in [5.41, 5.74) is 1.12. The Labute approximate surface area is 169 Å². The molecule has 0 spiro atoms. The molecule has 0 aliphatic heterocycles. The summed E-state index contributed by atoms with van der Waals surface area (Å²) in [5.74, 6) is 0.273. The molecule has 0 aliphatic rings. The summed E-state index contributed by atoms with van der Waals surface area (Å²) >= 11 is 0. The minimum atomic E-state index is -0.523. The number of amides is 1. The number of tetrazole rings is 1. The summed E-state index contributed by atoms with van der Waals surface area (Å²) in [4.78, 5) is 23.4. The Morgan fingerprint density at radius 1 is 1.07 bits per heavy atom. The van der Waals surface area contributed by atoms with Crippen molar-refractivity contribution in [2.75, 3.05) is 5.32 Å². The summed E-state index contributed by atoms with van der Waals surface area (Å²) in [7, 11) is 0. The normalized spacial score (nSPS) is 11.3. The summed E-state index contributed by atoms with van der Waals surface area (Å²) in [6.07, 6.45) is 2.99. The SMILES string of the molecule is O=C(Nc1ccc([N+](=O)[O-])cc1)/C(=C/c1ccco1)n1nnnc1-c1ccccc1. The number of nitro groups is 1. The minimum Gasteiger partial charge on any atom is -0.465 e. The standard InChI is InChI=1S/C20H14N6O4/c27-20(21-15-8-10-16(11-9-15)26(28)29)18(13-17-7-4-12-30-17)25-19(22-23-24-25)14-5-2-1-3-6-14/h1-13H,(H,21,27)/b18-13-. The number of hydrogen-bond donors (Lipinski definition) is 1. The third-order valence-corrected chi connectivity index (χ3v) is 4.12. The lowest BCUT2D eigenvalue weighted by Gasteiger charge is -2.10. The van der Waals surface area contributed by atoms with Gasteiger partial charge in [0.05, 0.1) is 11.2 Å². The maximum Gasteiger partial charge on any atom is 0.274 e. The molecule has 4 aromatic rings. The zero-order chi connectivity index (χ0) is 20.9. The van der Waals surface area contributed by atoms with Crippen LogP contribution in [-0.4, -0.2) is 31.0 Å². The third kappa shape index (κ3) is 3.97. The molecular weight excluding hydrogens is 388 g/mol. The smallest absolute Gasteiger partial charge is 0.274 e. The average molecular weight is 402 g/mol. The molecule has 0 saturated carbocycles. The van der Waals surface area contributed by atoms with Crippen LogP contribution in [0.1, 0.15) is 5.76 Å². The van der Waals surface area contributed by atoms with Crippen LogP contribution < -0.4 is 5.32 Å². The van der Waals surface area contributed by atoms with Gasteiger partial charge in [0, 0.05) is 29.5 Å². The number of non-ortho nitro benzene ring substituents is 1. The maximum atomic E-state index is 13.1. The number of furan rings is 1.